The molecule has 1 aromatic heterocycles. The number of likely N-dealkylation sites (N-methyl/N-ethyl adjacent to an activating group) is 1. The quantitative estimate of drug-likeness (QED) is 0.803. The molecule has 0 unspecified atom stereocenters. The third-order valence-corrected chi connectivity index (χ3v) is 2.37. The van der Waals surface area contributed by atoms with Crippen LogP contribution in [0.1, 0.15) is 32.3 Å². The average Bonchev–Trinajstić information content (AvgIpc) is 2.14. The molecule has 0 saturated heterocycles. The number of hydrogen-bond acceptors (Lipinski definition) is 4. The highest BCUT2D eigenvalue weighted by Crippen LogP contribution is 2.22. The van der Waals surface area contributed by atoms with E-state index >= 15 is 0 Å². The van der Waals surface area contributed by atoms with Crippen molar-refractivity contribution < 1.29 is 4.74 Å². The summed E-state index contributed by atoms with van der Waals surface area (Å²) in [5.41, 5.74) is 1.04. The second-order valence-corrected chi connectivity index (χ2v) is 5.54. The third-order valence-electron chi connectivity index (χ3n) is 2.37. The number of nitrogens with zero attached hydrogens (tertiary/aromatic N) is 3. The monoisotopic (exact) mass is 237 g/mol. The lowest BCUT2D eigenvalue weighted by molar-refractivity contribution is 0.252. The highest BCUT2D eigenvalue weighted by molar-refractivity contribution is 5.21. The van der Waals surface area contributed by atoms with Crippen LogP contribution in [-0.2, 0) is 5.41 Å². The molecule has 4 heteroatoms. The van der Waals surface area contributed by atoms with Crippen molar-refractivity contribution in [2.45, 2.75) is 33.1 Å². The first-order valence-electron chi connectivity index (χ1n) is 5.93. The van der Waals surface area contributed by atoms with Crippen molar-refractivity contribution in [3.63, 3.8) is 0 Å². The smallest absolute Gasteiger partial charge is 0.216 e. The van der Waals surface area contributed by atoms with Gasteiger partial charge in [0.25, 0.3) is 0 Å². The molecule has 0 N–H and O–H groups in total. The summed E-state index contributed by atoms with van der Waals surface area (Å²) in [6.07, 6.45) is 0. The summed E-state index contributed by atoms with van der Waals surface area (Å²) in [5, 5.41) is 0. The molecule has 0 atom stereocenters. The second-order valence-electron chi connectivity index (χ2n) is 5.54. The van der Waals surface area contributed by atoms with Gasteiger partial charge in [0.05, 0.1) is 5.69 Å². The lowest BCUT2D eigenvalue weighted by Gasteiger charge is -2.19. The standard InChI is InChI=1S/C13H23N3O/c1-10-14-11(13(2,3)4)9-12(15-10)17-8-7-16(5)6/h9H,7-8H2,1-6H3. The average molecular weight is 237 g/mol. The zero-order valence-electron chi connectivity index (χ0n) is 11.7. The Kier molecular flexibility index (Phi) is 4.46. The molecule has 0 fully saturated rings. The fourth-order valence-electron chi connectivity index (χ4n) is 1.33. The number of ether oxygens (including phenoxy) is 1. The van der Waals surface area contributed by atoms with E-state index in [1.54, 1.807) is 0 Å². The summed E-state index contributed by atoms with van der Waals surface area (Å²) in [4.78, 5) is 10.8. The van der Waals surface area contributed by atoms with Crippen LogP contribution in [0.25, 0.3) is 0 Å². The molecule has 0 amide bonds. The molecule has 0 radical (unpaired) electrons. The minimum atomic E-state index is 0.0212. The first-order chi connectivity index (χ1) is 7.79. The summed E-state index contributed by atoms with van der Waals surface area (Å²) < 4.78 is 5.64. The molecule has 17 heavy (non-hydrogen) atoms. The van der Waals surface area contributed by atoms with E-state index in [1.807, 2.05) is 27.1 Å². The van der Waals surface area contributed by atoms with Gasteiger partial charge in [-0.15, -0.1) is 0 Å². The Bertz CT molecular complexity index is 369. The van der Waals surface area contributed by atoms with E-state index in [-0.39, 0.29) is 5.41 Å². The van der Waals surface area contributed by atoms with Gasteiger partial charge in [0.2, 0.25) is 5.88 Å². The van der Waals surface area contributed by atoms with Gasteiger partial charge in [0, 0.05) is 18.0 Å². The summed E-state index contributed by atoms with van der Waals surface area (Å²) >= 11 is 0. The van der Waals surface area contributed by atoms with Crippen molar-refractivity contribution in [2.24, 2.45) is 0 Å². The van der Waals surface area contributed by atoms with E-state index in [2.05, 4.69) is 35.6 Å². The Morgan fingerprint density at radius 1 is 1.24 bits per heavy atom. The number of aromatic nitrogens is 2. The van der Waals surface area contributed by atoms with Crippen LogP contribution in [0.3, 0.4) is 0 Å². The van der Waals surface area contributed by atoms with Gasteiger partial charge >= 0.3 is 0 Å². The molecule has 0 aliphatic carbocycles. The van der Waals surface area contributed by atoms with Gasteiger partial charge in [-0.05, 0) is 21.0 Å². The minimum absolute atomic E-state index is 0.0212. The Hall–Kier alpha value is -1.16. The number of rotatable bonds is 4. The van der Waals surface area contributed by atoms with Crippen LogP contribution < -0.4 is 4.74 Å². The van der Waals surface area contributed by atoms with Crippen LogP contribution in [0.5, 0.6) is 5.88 Å². The number of hydrogen-bond donors (Lipinski definition) is 0. The maximum absolute atomic E-state index is 5.64. The maximum Gasteiger partial charge on any atom is 0.216 e. The van der Waals surface area contributed by atoms with Gasteiger partial charge < -0.3 is 9.64 Å². The molecule has 0 spiro atoms. The van der Waals surface area contributed by atoms with Crippen molar-refractivity contribution >= 4 is 0 Å². The Morgan fingerprint density at radius 2 is 1.88 bits per heavy atom. The normalized spacial score (nSPS) is 11.9. The predicted octanol–water partition coefficient (Wildman–Crippen LogP) is 2.02. The third kappa shape index (κ3) is 4.69. The van der Waals surface area contributed by atoms with E-state index in [9.17, 15) is 0 Å². The molecule has 1 aromatic rings. The first-order valence-corrected chi connectivity index (χ1v) is 5.93. The fraction of sp³-hybridized carbons (Fsp3) is 0.692. The first kappa shape index (κ1) is 13.9. The summed E-state index contributed by atoms with van der Waals surface area (Å²) in [5.74, 6) is 1.43. The Labute approximate surface area is 104 Å². The van der Waals surface area contributed by atoms with Gasteiger partial charge in [0.15, 0.2) is 0 Å². The highest BCUT2D eigenvalue weighted by atomic mass is 16.5. The summed E-state index contributed by atoms with van der Waals surface area (Å²) in [6.45, 7) is 9.84. The van der Waals surface area contributed by atoms with Crippen LogP contribution in [0.2, 0.25) is 0 Å². The van der Waals surface area contributed by atoms with E-state index in [0.717, 1.165) is 18.1 Å². The van der Waals surface area contributed by atoms with Gasteiger partial charge in [-0.2, -0.15) is 4.98 Å². The van der Waals surface area contributed by atoms with Gasteiger partial charge in [0.1, 0.15) is 12.4 Å². The Morgan fingerprint density at radius 3 is 2.41 bits per heavy atom. The summed E-state index contributed by atoms with van der Waals surface area (Å²) in [7, 11) is 4.05. The lowest BCUT2D eigenvalue weighted by atomic mass is 9.92. The lowest BCUT2D eigenvalue weighted by Crippen LogP contribution is -2.20. The molecule has 0 aromatic carbocycles. The molecule has 96 valence electrons. The fourth-order valence-corrected chi connectivity index (χ4v) is 1.33. The second kappa shape index (κ2) is 5.45. The van der Waals surface area contributed by atoms with Crippen LogP contribution in [0.15, 0.2) is 6.07 Å². The van der Waals surface area contributed by atoms with Crippen LogP contribution in [0, 0.1) is 6.92 Å². The van der Waals surface area contributed by atoms with Crippen molar-refractivity contribution in [1.82, 2.24) is 14.9 Å². The van der Waals surface area contributed by atoms with E-state index in [1.165, 1.54) is 0 Å². The maximum atomic E-state index is 5.64. The molecule has 0 bridgehead atoms. The van der Waals surface area contributed by atoms with Crippen molar-refractivity contribution in [3.05, 3.63) is 17.6 Å². The predicted molar refractivity (Wildman–Crippen MR) is 69.5 cm³/mol. The highest BCUT2D eigenvalue weighted by Gasteiger charge is 2.17. The van der Waals surface area contributed by atoms with Crippen LogP contribution in [-0.4, -0.2) is 42.1 Å². The van der Waals surface area contributed by atoms with Crippen molar-refractivity contribution in [1.29, 1.82) is 0 Å². The summed E-state index contributed by atoms with van der Waals surface area (Å²) in [6, 6.07) is 1.93. The zero-order chi connectivity index (χ0) is 13.1. The molecule has 0 aliphatic rings. The molecule has 1 rings (SSSR count). The Balaban J connectivity index is 2.76. The molecule has 0 saturated carbocycles. The SMILES string of the molecule is Cc1nc(OCCN(C)C)cc(C(C)(C)C)n1. The van der Waals surface area contributed by atoms with E-state index in [0.29, 0.717) is 12.5 Å². The minimum Gasteiger partial charge on any atom is -0.476 e. The van der Waals surface area contributed by atoms with E-state index < -0.39 is 0 Å². The molecule has 1 heterocycles. The molecular weight excluding hydrogens is 214 g/mol. The van der Waals surface area contributed by atoms with Gasteiger partial charge in [-0.25, -0.2) is 4.98 Å². The van der Waals surface area contributed by atoms with Crippen LogP contribution in [0.4, 0.5) is 0 Å². The largest absolute Gasteiger partial charge is 0.476 e. The topological polar surface area (TPSA) is 38.2 Å². The molecular formula is C13H23N3O. The van der Waals surface area contributed by atoms with Gasteiger partial charge in [-0.1, -0.05) is 20.8 Å². The van der Waals surface area contributed by atoms with Crippen molar-refractivity contribution in [3.8, 4) is 5.88 Å². The zero-order valence-corrected chi connectivity index (χ0v) is 11.7. The van der Waals surface area contributed by atoms with Crippen LogP contribution >= 0.6 is 0 Å². The molecule has 0 aliphatic heterocycles. The van der Waals surface area contributed by atoms with Crippen molar-refractivity contribution in [2.75, 3.05) is 27.2 Å². The van der Waals surface area contributed by atoms with Gasteiger partial charge in [-0.3, -0.25) is 0 Å². The van der Waals surface area contributed by atoms with E-state index in [4.69, 9.17) is 4.74 Å². The number of aryl methyl sites for hydroxylation is 1. The molecule has 4 nitrogen and oxygen atoms in total.